The van der Waals surface area contributed by atoms with Crippen molar-refractivity contribution in [3.05, 3.63) is 11.6 Å². The molecule has 0 aromatic rings. The van der Waals surface area contributed by atoms with Gasteiger partial charge in [0, 0.05) is 6.08 Å². The standard InChI is InChI=1S/C7H10F3NO/c1-5(2)3-6(12)11-4-7(8,9)10/h3H,4H2,1-2H3,(H,11,12). The van der Waals surface area contributed by atoms with Crippen LogP contribution >= 0.6 is 0 Å². The molecule has 0 radical (unpaired) electrons. The Morgan fingerprint density at radius 1 is 1.42 bits per heavy atom. The highest BCUT2D eigenvalue weighted by Crippen LogP contribution is 2.11. The summed E-state index contributed by atoms with van der Waals surface area (Å²) in [6.45, 7) is 1.98. The van der Waals surface area contributed by atoms with Crippen molar-refractivity contribution in [3.63, 3.8) is 0 Å². The lowest BCUT2D eigenvalue weighted by Crippen LogP contribution is -2.32. The summed E-state index contributed by atoms with van der Waals surface area (Å²) in [4.78, 5) is 10.6. The number of hydrogen-bond acceptors (Lipinski definition) is 1. The zero-order valence-electron chi connectivity index (χ0n) is 6.83. The molecule has 1 amide bonds. The maximum atomic E-state index is 11.5. The van der Waals surface area contributed by atoms with Crippen molar-refractivity contribution in [2.45, 2.75) is 20.0 Å². The van der Waals surface area contributed by atoms with E-state index in [1.165, 1.54) is 0 Å². The molecule has 0 aliphatic carbocycles. The molecule has 0 fully saturated rings. The smallest absolute Gasteiger partial charge is 0.343 e. The van der Waals surface area contributed by atoms with Crippen molar-refractivity contribution in [1.29, 1.82) is 0 Å². The van der Waals surface area contributed by atoms with Crippen molar-refractivity contribution in [2.75, 3.05) is 6.54 Å². The van der Waals surface area contributed by atoms with Gasteiger partial charge in [-0.25, -0.2) is 0 Å². The molecule has 5 heteroatoms. The van der Waals surface area contributed by atoms with Crippen LogP contribution in [0.5, 0.6) is 0 Å². The monoisotopic (exact) mass is 181 g/mol. The average Bonchev–Trinajstić information content (AvgIpc) is 1.80. The van der Waals surface area contributed by atoms with Crippen LogP contribution in [0.25, 0.3) is 0 Å². The number of alkyl halides is 3. The van der Waals surface area contributed by atoms with Gasteiger partial charge < -0.3 is 5.32 Å². The highest BCUT2D eigenvalue weighted by molar-refractivity contribution is 5.88. The zero-order valence-corrected chi connectivity index (χ0v) is 6.83. The minimum absolute atomic E-state index is 0.662. The number of carbonyl (C=O) groups is 1. The first-order chi connectivity index (χ1) is 5.31. The predicted octanol–water partition coefficient (Wildman–Crippen LogP) is 1.63. The van der Waals surface area contributed by atoms with E-state index in [0.29, 0.717) is 5.57 Å². The molecule has 0 saturated heterocycles. The highest BCUT2D eigenvalue weighted by atomic mass is 19.4. The van der Waals surface area contributed by atoms with Crippen LogP contribution in [0.2, 0.25) is 0 Å². The molecule has 12 heavy (non-hydrogen) atoms. The molecule has 0 unspecified atom stereocenters. The first-order valence-corrected chi connectivity index (χ1v) is 3.31. The van der Waals surface area contributed by atoms with Crippen molar-refractivity contribution in [3.8, 4) is 0 Å². The molecule has 0 heterocycles. The Labute approximate surface area is 68.4 Å². The lowest BCUT2D eigenvalue weighted by atomic mass is 10.3. The van der Waals surface area contributed by atoms with Crippen LogP contribution in [0, 0.1) is 0 Å². The molecule has 2 nitrogen and oxygen atoms in total. The molecule has 0 aliphatic heterocycles. The summed E-state index contributed by atoms with van der Waals surface area (Å²) in [6.07, 6.45) is -3.23. The van der Waals surface area contributed by atoms with Crippen LogP contribution in [0.15, 0.2) is 11.6 Å². The summed E-state index contributed by atoms with van der Waals surface area (Å²) in [7, 11) is 0. The van der Waals surface area contributed by atoms with Crippen LogP contribution in [-0.2, 0) is 4.79 Å². The Kier molecular flexibility index (Phi) is 3.79. The number of rotatable bonds is 2. The number of nitrogens with one attached hydrogen (secondary N) is 1. The Hall–Kier alpha value is -1.00. The van der Waals surface area contributed by atoms with Gasteiger partial charge in [0.15, 0.2) is 0 Å². The van der Waals surface area contributed by atoms with Gasteiger partial charge in [0.1, 0.15) is 6.54 Å². The fourth-order valence-corrected chi connectivity index (χ4v) is 0.501. The van der Waals surface area contributed by atoms with Crippen LogP contribution in [-0.4, -0.2) is 18.6 Å². The molecular formula is C7H10F3NO. The molecule has 0 rings (SSSR count). The molecule has 0 aromatic carbocycles. The van der Waals surface area contributed by atoms with E-state index < -0.39 is 18.6 Å². The van der Waals surface area contributed by atoms with Crippen molar-refractivity contribution < 1.29 is 18.0 Å². The molecule has 0 aliphatic rings. The summed E-state index contributed by atoms with van der Waals surface area (Å²) in [5, 5.41) is 1.71. The van der Waals surface area contributed by atoms with E-state index in [-0.39, 0.29) is 0 Å². The SMILES string of the molecule is CC(C)=CC(=O)NCC(F)(F)F. The maximum Gasteiger partial charge on any atom is 0.405 e. The third kappa shape index (κ3) is 7.11. The Morgan fingerprint density at radius 2 is 1.92 bits per heavy atom. The summed E-state index contributed by atoms with van der Waals surface area (Å²) >= 11 is 0. The fourth-order valence-electron chi connectivity index (χ4n) is 0.501. The highest BCUT2D eigenvalue weighted by Gasteiger charge is 2.27. The Balaban J connectivity index is 3.81. The topological polar surface area (TPSA) is 29.1 Å². The van der Waals surface area contributed by atoms with E-state index >= 15 is 0 Å². The number of hydrogen-bond donors (Lipinski definition) is 1. The summed E-state index contributed by atoms with van der Waals surface area (Å²) in [5.41, 5.74) is 0.662. The summed E-state index contributed by atoms with van der Waals surface area (Å²) in [5.74, 6) is -0.715. The van der Waals surface area contributed by atoms with Crippen molar-refractivity contribution in [2.24, 2.45) is 0 Å². The first-order valence-electron chi connectivity index (χ1n) is 3.31. The van der Waals surface area contributed by atoms with Gasteiger partial charge in [-0.1, -0.05) is 5.57 Å². The second-order valence-electron chi connectivity index (χ2n) is 2.55. The molecule has 0 saturated carbocycles. The van der Waals surface area contributed by atoms with Gasteiger partial charge in [-0.15, -0.1) is 0 Å². The van der Waals surface area contributed by atoms with E-state index in [0.717, 1.165) is 6.08 Å². The Bertz CT molecular complexity index is 191. The second kappa shape index (κ2) is 4.13. The number of allylic oxidation sites excluding steroid dienone is 1. The zero-order chi connectivity index (χ0) is 9.78. The largest absolute Gasteiger partial charge is 0.405 e. The van der Waals surface area contributed by atoms with Gasteiger partial charge in [-0.05, 0) is 13.8 Å². The van der Waals surface area contributed by atoms with Gasteiger partial charge in [0.25, 0.3) is 0 Å². The minimum Gasteiger partial charge on any atom is -0.343 e. The van der Waals surface area contributed by atoms with Crippen molar-refractivity contribution >= 4 is 5.91 Å². The van der Waals surface area contributed by atoms with Crippen LogP contribution in [0.4, 0.5) is 13.2 Å². The van der Waals surface area contributed by atoms with E-state index in [2.05, 4.69) is 0 Å². The number of carbonyl (C=O) groups excluding carboxylic acids is 1. The molecule has 0 atom stereocenters. The summed E-state index contributed by atoms with van der Waals surface area (Å²) in [6, 6.07) is 0. The van der Waals surface area contributed by atoms with E-state index in [9.17, 15) is 18.0 Å². The first kappa shape index (κ1) is 11.0. The number of halogens is 3. The third-order valence-corrected chi connectivity index (χ3v) is 0.883. The second-order valence-corrected chi connectivity index (χ2v) is 2.55. The van der Waals surface area contributed by atoms with Crippen LogP contribution < -0.4 is 5.32 Å². The average molecular weight is 181 g/mol. The fraction of sp³-hybridized carbons (Fsp3) is 0.571. The van der Waals surface area contributed by atoms with E-state index in [4.69, 9.17) is 0 Å². The molecule has 0 bridgehead atoms. The van der Waals surface area contributed by atoms with Gasteiger partial charge in [0.2, 0.25) is 5.91 Å². The van der Waals surface area contributed by atoms with Gasteiger partial charge >= 0.3 is 6.18 Å². The molecule has 0 spiro atoms. The predicted molar refractivity (Wildman–Crippen MR) is 38.5 cm³/mol. The molecule has 1 N–H and O–H groups in total. The van der Waals surface area contributed by atoms with Gasteiger partial charge in [0.05, 0.1) is 0 Å². The van der Waals surface area contributed by atoms with Gasteiger partial charge in [-0.2, -0.15) is 13.2 Å². The van der Waals surface area contributed by atoms with Crippen LogP contribution in [0.3, 0.4) is 0 Å². The minimum atomic E-state index is -4.34. The van der Waals surface area contributed by atoms with Gasteiger partial charge in [-0.3, -0.25) is 4.79 Å². The Morgan fingerprint density at radius 3 is 2.25 bits per heavy atom. The lowest BCUT2D eigenvalue weighted by molar-refractivity contribution is -0.135. The maximum absolute atomic E-state index is 11.5. The third-order valence-electron chi connectivity index (χ3n) is 0.883. The summed E-state index contributed by atoms with van der Waals surface area (Å²) < 4.78 is 34.6. The van der Waals surface area contributed by atoms with Crippen LogP contribution in [0.1, 0.15) is 13.8 Å². The lowest BCUT2D eigenvalue weighted by Gasteiger charge is -2.05. The quantitative estimate of drug-likeness (QED) is 0.644. The molecular weight excluding hydrogens is 171 g/mol. The van der Waals surface area contributed by atoms with Crippen molar-refractivity contribution in [1.82, 2.24) is 5.32 Å². The number of amides is 1. The normalized spacial score (nSPS) is 10.8. The molecule has 0 aromatic heterocycles. The molecule has 70 valence electrons. The van der Waals surface area contributed by atoms with E-state index in [1.54, 1.807) is 19.2 Å². The van der Waals surface area contributed by atoms with E-state index in [1.807, 2.05) is 0 Å².